The summed E-state index contributed by atoms with van der Waals surface area (Å²) in [6, 6.07) is 6.57. The molecule has 0 radical (unpaired) electrons. The maximum Gasteiger partial charge on any atom is 0.161 e. The van der Waals surface area contributed by atoms with Gasteiger partial charge in [0.25, 0.3) is 0 Å². The van der Waals surface area contributed by atoms with Crippen molar-refractivity contribution in [1.82, 2.24) is 19.9 Å². The zero-order valence-corrected chi connectivity index (χ0v) is 14.8. The fourth-order valence-electron chi connectivity index (χ4n) is 3.74. The molecule has 0 bridgehead atoms. The summed E-state index contributed by atoms with van der Waals surface area (Å²) in [6.07, 6.45) is 6.03. The van der Waals surface area contributed by atoms with Gasteiger partial charge < -0.3 is 9.64 Å². The van der Waals surface area contributed by atoms with E-state index in [2.05, 4.69) is 25.8 Å². The molecule has 0 amide bonds. The van der Waals surface area contributed by atoms with Crippen LogP contribution in [-0.2, 0) is 4.74 Å². The lowest BCUT2D eigenvalue weighted by Crippen LogP contribution is -2.45. The molecule has 2 aliphatic heterocycles. The third-order valence-electron chi connectivity index (χ3n) is 5.02. The molecule has 0 aliphatic carbocycles. The standard InChI is InChI=1S/C19H25N5O/c1-15-13-18(22-19(21-15)16-4-6-20-7-5-16)24-8-2-3-17(24)14-23-9-11-25-12-10-23/h4-7,13,17H,2-3,8-12,14H2,1H3/t17-/m1/s1. The van der Waals surface area contributed by atoms with Gasteiger partial charge in [-0.1, -0.05) is 0 Å². The van der Waals surface area contributed by atoms with Crippen LogP contribution in [0.2, 0.25) is 0 Å². The van der Waals surface area contributed by atoms with Crippen LogP contribution in [0.3, 0.4) is 0 Å². The third kappa shape index (κ3) is 3.80. The van der Waals surface area contributed by atoms with Gasteiger partial charge in [0.05, 0.1) is 13.2 Å². The van der Waals surface area contributed by atoms with Crippen LogP contribution >= 0.6 is 0 Å². The highest BCUT2D eigenvalue weighted by molar-refractivity contribution is 5.57. The fourth-order valence-corrected chi connectivity index (χ4v) is 3.74. The first-order valence-corrected chi connectivity index (χ1v) is 9.12. The van der Waals surface area contributed by atoms with E-state index in [1.54, 1.807) is 12.4 Å². The predicted molar refractivity (Wildman–Crippen MR) is 97.6 cm³/mol. The van der Waals surface area contributed by atoms with Crippen molar-refractivity contribution >= 4 is 5.82 Å². The van der Waals surface area contributed by atoms with Crippen LogP contribution in [0.4, 0.5) is 5.82 Å². The van der Waals surface area contributed by atoms with Gasteiger partial charge >= 0.3 is 0 Å². The number of rotatable bonds is 4. The summed E-state index contributed by atoms with van der Waals surface area (Å²) in [6.45, 7) is 7.99. The van der Waals surface area contributed by atoms with Crippen molar-refractivity contribution in [1.29, 1.82) is 0 Å². The molecule has 2 saturated heterocycles. The summed E-state index contributed by atoms with van der Waals surface area (Å²) in [4.78, 5) is 18.6. The summed E-state index contributed by atoms with van der Waals surface area (Å²) >= 11 is 0. The Morgan fingerprint density at radius 3 is 2.72 bits per heavy atom. The van der Waals surface area contributed by atoms with Gasteiger partial charge in [-0.3, -0.25) is 9.88 Å². The summed E-state index contributed by atoms with van der Waals surface area (Å²) < 4.78 is 5.48. The van der Waals surface area contributed by atoms with Gasteiger partial charge in [-0.25, -0.2) is 9.97 Å². The largest absolute Gasteiger partial charge is 0.379 e. The van der Waals surface area contributed by atoms with Crippen LogP contribution in [0.5, 0.6) is 0 Å². The Bertz CT molecular complexity index is 702. The molecule has 4 rings (SSSR count). The molecule has 2 aromatic rings. The average molecular weight is 339 g/mol. The van der Waals surface area contributed by atoms with Crippen molar-refractivity contribution in [2.75, 3.05) is 44.3 Å². The van der Waals surface area contributed by atoms with Crippen molar-refractivity contribution in [2.24, 2.45) is 0 Å². The summed E-state index contributed by atoms with van der Waals surface area (Å²) in [5.74, 6) is 1.84. The zero-order valence-electron chi connectivity index (χ0n) is 14.8. The molecule has 6 nitrogen and oxygen atoms in total. The van der Waals surface area contributed by atoms with Gasteiger partial charge in [0.1, 0.15) is 5.82 Å². The van der Waals surface area contributed by atoms with Crippen LogP contribution < -0.4 is 4.90 Å². The molecule has 0 aromatic carbocycles. The van der Waals surface area contributed by atoms with Crippen molar-refractivity contribution in [3.8, 4) is 11.4 Å². The van der Waals surface area contributed by atoms with Gasteiger partial charge in [-0.05, 0) is 31.9 Å². The molecule has 0 unspecified atom stereocenters. The van der Waals surface area contributed by atoms with Crippen molar-refractivity contribution in [3.63, 3.8) is 0 Å². The number of pyridine rings is 1. The Morgan fingerprint density at radius 2 is 1.92 bits per heavy atom. The van der Waals surface area contributed by atoms with E-state index in [0.717, 1.165) is 62.3 Å². The smallest absolute Gasteiger partial charge is 0.161 e. The van der Waals surface area contributed by atoms with Crippen LogP contribution in [0.15, 0.2) is 30.6 Å². The molecule has 132 valence electrons. The number of anilines is 1. The van der Waals surface area contributed by atoms with E-state index in [0.29, 0.717) is 6.04 Å². The number of aryl methyl sites for hydroxylation is 1. The molecule has 0 spiro atoms. The van der Waals surface area contributed by atoms with Crippen molar-refractivity contribution in [2.45, 2.75) is 25.8 Å². The Kier molecular flexibility index (Phi) is 4.90. The van der Waals surface area contributed by atoms with Crippen LogP contribution in [0, 0.1) is 6.92 Å². The van der Waals surface area contributed by atoms with Gasteiger partial charge in [0.2, 0.25) is 0 Å². The zero-order chi connectivity index (χ0) is 17.1. The minimum absolute atomic E-state index is 0.526. The van der Waals surface area contributed by atoms with Crippen LogP contribution in [-0.4, -0.2) is 65.3 Å². The lowest BCUT2D eigenvalue weighted by Gasteiger charge is -2.33. The minimum Gasteiger partial charge on any atom is -0.379 e. The van der Waals surface area contributed by atoms with Gasteiger partial charge in [-0.2, -0.15) is 0 Å². The summed E-state index contributed by atoms with van der Waals surface area (Å²) in [7, 11) is 0. The lowest BCUT2D eigenvalue weighted by molar-refractivity contribution is 0.0354. The molecule has 0 N–H and O–H groups in total. The van der Waals surface area contributed by atoms with Gasteiger partial charge in [0, 0.05) is 61.9 Å². The molecular weight excluding hydrogens is 314 g/mol. The molecule has 1 atom stereocenters. The monoisotopic (exact) mass is 339 g/mol. The molecular formula is C19H25N5O. The highest BCUT2D eigenvalue weighted by Gasteiger charge is 2.28. The topological polar surface area (TPSA) is 54.4 Å². The van der Waals surface area contributed by atoms with E-state index in [9.17, 15) is 0 Å². The van der Waals surface area contributed by atoms with Crippen molar-refractivity contribution in [3.05, 3.63) is 36.3 Å². The summed E-state index contributed by atoms with van der Waals surface area (Å²) in [5.41, 5.74) is 2.03. The molecule has 2 fully saturated rings. The van der Waals surface area contributed by atoms with Gasteiger partial charge in [-0.15, -0.1) is 0 Å². The van der Waals surface area contributed by atoms with Crippen LogP contribution in [0.1, 0.15) is 18.5 Å². The van der Waals surface area contributed by atoms with E-state index < -0.39 is 0 Å². The predicted octanol–water partition coefficient (Wildman–Crippen LogP) is 2.15. The normalized spacial score (nSPS) is 21.6. The minimum atomic E-state index is 0.526. The number of nitrogens with zero attached hydrogens (tertiary/aromatic N) is 5. The second-order valence-corrected chi connectivity index (χ2v) is 6.83. The van der Waals surface area contributed by atoms with Gasteiger partial charge in [0.15, 0.2) is 5.82 Å². The Labute approximate surface area is 148 Å². The first-order chi connectivity index (χ1) is 12.3. The number of morpholine rings is 1. The quantitative estimate of drug-likeness (QED) is 0.851. The molecule has 0 saturated carbocycles. The Hall–Kier alpha value is -2.05. The average Bonchev–Trinajstić information content (AvgIpc) is 3.11. The lowest BCUT2D eigenvalue weighted by atomic mass is 10.2. The number of hydrogen-bond acceptors (Lipinski definition) is 6. The van der Waals surface area contributed by atoms with E-state index in [-0.39, 0.29) is 0 Å². The molecule has 2 aromatic heterocycles. The molecule has 6 heteroatoms. The maximum absolute atomic E-state index is 5.48. The van der Waals surface area contributed by atoms with E-state index in [4.69, 9.17) is 9.72 Å². The first kappa shape index (κ1) is 16.4. The number of ether oxygens (including phenoxy) is 1. The van der Waals surface area contributed by atoms with E-state index in [1.807, 2.05) is 19.1 Å². The SMILES string of the molecule is Cc1cc(N2CCC[C@@H]2CN2CCOCC2)nc(-c2ccncc2)n1. The van der Waals surface area contributed by atoms with E-state index in [1.165, 1.54) is 12.8 Å². The summed E-state index contributed by atoms with van der Waals surface area (Å²) in [5, 5.41) is 0. The highest BCUT2D eigenvalue weighted by Crippen LogP contribution is 2.27. The Balaban J connectivity index is 1.56. The molecule has 25 heavy (non-hydrogen) atoms. The second kappa shape index (κ2) is 7.45. The Morgan fingerprint density at radius 1 is 1.12 bits per heavy atom. The number of aromatic nitrogens is 3. The van der Waals surface area contributed by atoms with E-state index >= 15 is 0 Å². The highest BCUT2D eigenvalue weighted by atomic mass is 16.5. The molecule has 4 heterocycles. The number of hydrogen-bond donors (Lipinski definition) is 0. The maximum atomic E-state index is 5.48. The second-order valence-electron chi connectivity index (χ2n) is 6.83. The fraction of sp³-hybridized carbons (Fsp3) is 0.526. The van der Waals surface area contributed by atoms with Crippen molar-refractivity contribution < 1.29 is 4.74 Å². The molecule has 2 aliphatic rings. The van der Waals surface area contributed by atoms with Crippen LogP contribution in [0.25, 0.3) is 11.4 Å². The third-order valence-corrected chi connectivity index (χ3v) is 5.02. The first-order valence-electron chi connectivity index (χ1n) is 9.12.